The Bertz CT molecular complexity index is 485. The fraction of sp³-hybridized carbons (Fsp3) is 0.333. The molecule has 96 valence electrons. The first-order valence-corrected chi connectivity index (χ1v) is 5.81. The maximum absolute atomic E-state index is 5.54. The molecule has 0 radical (unpaired) electrons. The van der Waals surface area contributed by atoms with Gasteiger partial charge in [0.1, 0.15) is 24.0 Å². The molecule has 0 aliphatic heterocycles. The van der Waals surface area contributed by atoms with Gasteiger partial charge in [-0.3, -0.25) is 0 Å². The number of rotatable bonds is 6. The normalized spacial score (nSPS) is 10.3. The zero-order valence-corrected chi connectivity index (χ0v) is 10.2. The molecule has 6 nitrogen and oxygen atoms in total. The molecule has 0 aliphatic rings. The minimum atomic E-state index is 0.333. The number of nitrogens with two attached hydrogens (primary N) is 1. The highest BCUT2D eigenvalue weighted by atomic mass is 16.5. The highest BCUT2D eigenvalue weighted by molar-refractivity contribution is 5.37. The molecule has 0 amide bonds. The van der Waals surface area contributed by atoms with Gasteiger partial charge in [0, 0.05) is 12.5 Å². The van der Waals surface area contributed by atoms with Crippen LogP contribution in [0.4, 0.5) is 5.82 Å². The second kappa shape index (κ2) is 6.02. The third kappa shape index (κ3) is 3.21. The standard InChI is InChI=1S/C12H16N4O2/c1-2-4-10-14-11(16-13)7-12(15-10)18-8-9-5-3-6-17-9/h3,5-7H,2,4,8,13H2,1H3,(H,14,15,16). The van der Waals surface area contributed by atoms with Crippen LogP contribution in [0.2, 0.25) is 0 Å². The number of aryl methyl sites for hydroxylation is 1. The highest BCUT2D eigenvalue weighted by Crippen LogP contribution is 2.15. The molecule has 2 aromatic heterocycles. The van der Waals surface area contributed by atoms with Gasteiger partial charge in [-0.05, 0) is 18.6 Å². The molecule has 0 saturated heterocycles. The summed E-state index contributed by atoms with van der Waals surface area (Å²) in [5.74, 6) is 7.84. The van der Waals surface area contributed by atoms with Crippen LogP contribution >= 0.6 is 0 Å². The van der Waals surface area contributed by atoms with E-state index in [0.29, 0.717) is 24.1 Å². The molecule has 0 aliphatic carbocycles. The van der Waals surface area contributed by atoms with Gasteiger partial charge in [-0.25, -0.2) is 10.8 Å². The molecule has 0 bridgehead atoms. The fourth-order valence-electron chi connectivity index (χ4n) is 1.50. The van der Waals surface area contributed by atoms with Crippen LogP contribution < -0.4 is 16.0 Å². The zero-order chi connectivity index (χ0) is 12.8. The van der Waals surface area contributed by atoms with Crippen LogP contribution in [-0.4, -0.2) is 9.97 Å². The number of nitrogens with one attached hydrogen (secondary N) is 1. The van der Waals surface area contributed by atoms with Crippen molar-refractivity contribution in [3.63, 3.8) is 0 Å². The highest BCUT2D eigenvalue weighted by Gasteiger charge is 2.05. The van der Waals surface area contributed by atoms with E-state index in [4.69, 9.17) is 15.0 Å². The summed E-state index contributed by atoms with van der Waals surface area (Å²) in [7, 11) is 0. The number of nitrogen functional groups attached to an aromatic ring is 1. The Labute approximate surface area is 105 Å². The largest absolute Gasteiger partial charge is 0.469 e. The van der Waals surface area contributed by atoms with E-state index in [1.807, 2.05) is 12.1 Å². The number of anilines is 1. The van der Waals surface area contributed by atoms with Crippen LogP contribution in [0.25, 0.3) is 0 Å². The Morgan fingerprint density at radius 1 is 1.44 bits per heavy atom. The first kappa shape index (κ1) is 12.4. The van der Waals surface area contributed by atoms with Crippen molar-refractivity contribution in [1.82, 2.24) is 9.97 Å². The van der Waals surface area contributed by atoms with Gasteiger partial charge in [-0.1, -0.05) is 6.92 Å². The molecule has 3 N–H and O–H groups in total. The molecule has 0 unspecified atom stereocenters. The predicted octanol–water partition coefficient (Wildman–Crippen LogP) is 1.89. The third-order valence-electron chi connectivity index (χ3n) is 2.31. The van der Waals surface area contributed by atoms with E-state index in [0.717, 1.165) is 18.6 Å². The van der Waals surface area contributed by atoms with E-state index in [-0.39, 0.29) is 0 Å². The predicted molar refractivity (Wildman–Crippen MR) is 66.9 cm³/mol. The van der Waals surface area contributed by atoms with Gasteiger partial charge in [0.2, 0.25) is 5.88 Å². The summed E-state index contributed by atoms with van der Waals surface area (Å²) in [6.45, 7) is 2.40. The van der Waals surface area contributed by atoms with Crippen LogP contribution in [0.1, 0.15) is 24.9 Å². The summed E-state index contributed by atoms with van der Waals surface area (Å²) in [6.07, 6.45) is 3.35. The minimum Gasteiger partial charge on any atom is -0.469 e. The van der Waals surface area contributed by atoms with Crippen molar-refractivity contribution in [3.05, 3.63) is 36.0 Å². The quantitative estimate of drug-likeness (QED) is 0.599. The van der Waals surface area contributed by atoms with Gasteiger partial charge in [0.05, 0.1) is 6.26 Å². The van der Waals surface area contributed by atoms with E-state index in [2.05, 4.69) is 22.3 Å². The lowest BCUT2D eigenvalue weighted by Gasteiger charge is -2.07. The maximum atomic E-state index is 5.54. The number of hydrogen-bond acceptors (Lipinski definition) is 6. The topological polar surface area (TPSA) is 86.2 Å². The summed E-state index contributed by atoms with van der Waals surface area (Å²) in [6, 6.07) is 5.31. The zero-order valence-electron chi connectivity index (χ0n) is 10.2. The smallest absolute Gasteiger partial charge is 0.219 e. The van der Waals surface area contributed by atoms with Gasteiger partial charge in [-0.15, -0.1) is 0 Å². The molecule has 0 atom stereocenters. The monoisotopic (exact) mass is 248 g/mol. The lowest BCUT2D eigenvalue weighted by molar-refractivity contribution is 0.259. The van der Waals surface area contributed by atoms with Gasteiger partial charge in [-0.2, -0.15) is 4.98 Å². The lowest BCUT2D eigenvalue weighted by Crippen LogP contribution is -2.11. The van der Waals surface area contributed by atoms with Crippen molar-refractivity contribution >= 4 is 5.82 Å². The van der Waals surface area contributed by atoms with Gasteiger partial charge < -0.3 is 14.6 Å². The summed E-state index contributed by atoms with van der Waals surface area (Å²) in [5, 5.41) is 0. The Hall–Kier alpha value is -2.08. The number of aromatic nitrogens is 2. The average Bonchev–Trinajstić information content (AvgIpc) is 2.89. The molecule has 0 aromatic carbocycles. The Kier molecular flexibility index (Phi) is 4.14. The molecule has 0 fully saturated rings. The number of hydrogen-bond donors (Lipinski definition) is 2. The van der Waals surface area contributed by atoms with Crippen LogP contribution in [0.5, 0.6) is 5.88 Å². The van der Waals surface area contributed by atoms with Crippen molar-refractivity contribution in [2.75, 3.05) is 5.43 Å². The van der Waals surface area contributed by atoms with Crippen LogP contribution in [0.3, 0.4) is 0 Å². The second-order valence-corrected chi connectivity index (χ2v) is 3.77. The van der Waals surface area contributed by atoms with Gasteiger partial charge in [0.25, 0.3) is 0 Å². The van der Waals surface area contributed by atoms with Crippen molar-refractivity contribution in [2.24, 2.45) is 5.84 Å². The van der Waals surface area contributed by atoms with Crippen molar-refractivity contribution in [2.45, 2.75) is 26.4 Å². The van der Waals surface area contributed by atoms with Gasteiger partial charge in [0.15, 0.2) is 0 Å². The Morgan fingerprint density at radius 3 is 3.00 bits per heavy atom. The van der Waals surface area contributed by atoms with Crippen LogP contribution in [-0.2, 0) is 13.0 Å². The summed E-state index contributed by atoms with van der Waals surface area (Å²) in [4.78, 5) is 8.54. The summed E-state index contributed by atoms with van der Waals surface area (Å²) in [5.41, 5.74) is 2.50. The molecule has 18 heavy (non-hydrogen) atoms. The SMILES string of the molecule is CCCc1nc(NN)cc(OCc2ccco2)n1. The average molecular weight is 248 g/mol. The van der Waals surface area contributed by atoms with E-state index < -0.39 is 0 Å². The van der Waals surface area contributed by atoms with E-state index in [1.165, 1.54) is 0 Å². The molecule has 0 saturated carbocycles. The summed E-state index contributed by atoms with van der Waals surface area (Å²) >= 11 is 0. The van der Waals surface area contributed by atoms with Crippen LogP contribution in [0, 0.1) is 0 Å². The van der Waals surface area contributed by atoms with Gasteiger partial charge >= 0.3 is 0 Å². The molecular weight excluding hydrogens is 232 g/mol. The van der Waals surface area contributed by atoms with Crippen molar-refractivity contribution in [1.29, 1.82) is 0 Å². The number of ether oxygens (including phenoxy) is 1. The van der Waals surface area contributed by atoms with Crippen molar-refractivity contribution < 1.29 is 9.15 Å². The number of hydrazine groups is 1. The number of nitrogens with zero attached hydrogens (tertiary/aromatic N) is 2. The maximum Gasteiger partial charge on any atom is 0.219 e. The lowest BCUT2D eigenvalue weighted by atomic mass is 10.3. The second-order valence-electron chi connectivity index (χ2n) is 3.77. The summed E-state index contributed by atoms with van der Waals surface area (Å²) < 4.78 is 10.7. The first-order valence-electron chi connectivity index (χ1n) is 5.81. The number of furan rings is 1. The molecule has 2 heterocycles. The van der Waals surface area contributed by atoms with Crippen LogP contribution in [0.15, 0.2) is 28.9 Å². The molecule has 2 aromatic rings. The fourth-order valence-corrected chi connectivity index (χ4v) is 1.50. The van der Waals surface area contributed by atoms with E-state index >= 15 is 0 Å². The third-order valence-corrected chi connectivity index (χ3v) is 2.31. The molecule has 0 spiro atoms. The minimum absolute atomic E-state index is 0.333. The first-order chi connectivity index (χ1) is 8.81. The van der Waals surface area contributed by atoms with Crippen molar-refractivity contribution in [3.8, 4) is 5.88 Å². The van der Waals surface area contributed by atoms with E-state index in [1.54, 1.807) is 12.3 Å². The molecular formula is C12H16N4O2. The Morgan fingerprint density at radius 2 is 2.33 bits per heavy atom. The van der Waals surface area contributed by atoms with E-state index in [9.17, 15) is 0 Å². The molecule has 2 rings (SSSR count). The molecule has 6 heteroatoms. The Balaban J connectivity index is 2.08.